The Hall–Kier alpha value is -2.70. The zero-order valence-corrected chi connectivity index (χ0v) is 15.4. The molecular formula is C24H23FN2. The topological polar surface area (TPSA) is 27.0 Å². The maximum atomic E-state index is 13.0. The van der Waals surface area contributed by atoms with Crippen molar-refractivity contribution in [3.05, 3.63) is 71.8 Å². The van der Waals surface area contributed by atoms with Gasteiger partial charge in [-0.25, -0.2) is 4.39 Å². The van der Waals surface area contributed by atoms with Crippen LogP contribution in [0, 0.1) is 11.3 Å². The number of rotatable bonds is 5. The molecule has 3 aromatic rings. The summed E-state index contributed by atoms with van der Waals surface area (Å²) in [6.07, 6.45) is 3.07. The molecule has 0 saturated carbocycles. The van der Waals surface area contributed by atoms with Gasteiger partial charge in [0.25, 0.3) is 0 Å². The number of fused-ring (bicyclic) bond motifs is 1. The van der Waals surface area contributed by atoms with Crippen LogP contribution in [0.2, 0.25) is 0 Å². The van der Waals surface area contributed by atoms with Crippen molar-refractivity contribution in [1.29, 1.82) is 5.26 Å². The summed E-state index contributed by atoms with van der Waals surface area (Å²) in [6, 6.07) is 23.1. The molecule has 1 fully saturated rings. The Kier molecular flexibility index (Phi) is 5.18. The lowest BCUT2D eigenvalue weighted by atomic mass is 9.98. The molecule has 3 aromatic carbocycles. The molecule has 136 valence electrons. The summed E-state index contributed by atoms with van der Waals surface area (Å²) in [5, 5.41) is 11.4. The zero-order chi connectivity index (χ0) is 18.6. The average Bonchev–Trinajstić information content (AvgIpc) is 3.19. The summed E-state index contributed by atoms with van der Waals surface area (Å²) >= 11 is 0. The maximum Gasteiger partial charge on any atom is 0.105 e. The lowest BCUT2D eigenvalue weighted by Gasteiger charge is -2.21. The van der Waals surface area contributed by atoms with E-state index in [1.54, 1.807) is 0 Å². The van der Waals surface area contributed by atoms with Gasteiger partial charge in [0.05, 0.1) is 11.6 Å². The highest BCUT2D eigenvalue weighted by atomic mass is 19.1. The van der Waals surface area contributed by atoms with Gasteiger partial charge in [0.1, 0.15) is 6.67 Å². The summed E-state index contributed by atoms with van der Waals surface area (Å²) in [5.41, 5.74) is 4.25. The van der Waals surface area contributed by atoms with Crippen LogP contribution in [0.25, 0.3) is 21.9 Å². The van der Waals surface area contributed by atoms with Crippen LogP contribution in [-0.2, 0) is 6.42 Å². The molecule has 0 N–H and O–H groups in total. The molecule has 0 aromatic heterocycles. The van der Waals surface area contributed by atoms with E-state index in [4.69, 9.17) is 5.26 Å². The van der Waals surface area contributed by atoms with E-state index in [2.05, 4.69) is 47.4 Å². The molecule has 3 heteroatoms. The number of alkyl halides is 1. The first-order valence-corrected chi connectivity index (χ1v) is 9.60. The molecule has 0 aliphatic carbocycles. The Labute approximate surface area is 159 Å². The van der Waals surface area contributed by atoms with Crippen LogP contribution in [0.1, 0.15) is 24.0 Å². The van der Waals surface area contributed by atoms with Crippen molar-refractivity contribution >= 4 is 10.8 Å². The van der Waals surface area contributed by atoms with Crippen molar-refractivity contribution < 1.29 is 4.39 Å². The zero-order valence-electron chi connectivity index (χ0n) is 15.4. The van der Waals surface area contributed by atoms with Gasteiger partial charge in [-0.2, -0.15) is 5.26 Å². The highest BCUT2D eigenvalue weighted by molar-refractivity contribution is 5.87. The molecule has 1 aliphatic rings. The Balaban J connectivity index is 1.50. The molecule has 0 bridgehead atoms. The van der Waals surface area contributed by atoms with Crippen molar-refractivity contribution in [2.45, 2.75) is 25.3 Å². The molecule has 0 unspecified atom stereocenters. The first-order valence-electron chi connectivity index (χ1n) is 9.60. The molecular weight excluding hydrogens is 335 g/mol. The van der Waals surface area contributed by atoms with Crippen molar-refractivity contribution in [1.82, 2.24) is 4.90 Å². The minimum absolute atomic E-state index is 0.125. The van der Waals surface area contributed by atoms with Crippen molar-refractivity contribution in [3.63, 3.8) is 0 Å². The third kappa shape index (κ3) is 3.86. The van der Waals surface area contributed by atoms with Gasteiger partial charge in [-0.3, -0.25) is 4.90 Å². The SMILES string of the molecule is N#Cc1ccc(-c2ccc3cc(CCN4CCC[C@@H]4CF)ccc3c2)cc1. The number of benzene rings is 3. The predicted molar refractivity (Wildman–Crippen MR) is 108 cm³/mol. The quantitative estimate of drug-likeness (QED) is 0.614. The van der Waals surface area contributed by atoms with Gasteiger partial charge < -0.3 is 0 Å². The minimum Gasteiger partial charge on any atom is -0.297 e. The van der Waals surface area contributed by atoms with Crippen LogP contribution in [-0.4, -0.2) is 30.7 Å². The van der Waals surface area contributed by atoms with Gasteiger partial charge in [0.2, 0.25) is 0 Å². The largest absolute Gasteiger partial charge is 0.297 e. The van der Waals surface area contributed by atoms with E-state index in [0.717, 1.165) is 43.5 Å². The fourth-order valence-electron chi connectivity index (χ4n) is 4.00. The molecule has 1 atom stereocenters. The predicted octanol–water partition coefficient (Wildman–Crippen LogP) is 5.35. The maximum absolute atomic E-state index is 13.0. The normalized spacial score (nSPS) is 17.3. The summed E-state index contributed by atoms with van der Waals surface area (Å²) < 4.78 is 13.0. The second-order valence-electron chi connectivity index (χ2n) is 7.32. The van der Waals surface area contributed by atoms with E-state index in [-0.39, 0.29) is 12.7 Å². The van der Waals surface area contributed by atoms with Crippen LogP contribution < -0.4 is 0 Å². The molecule has 1 saturated heterocycles. The number of halogens is 1. The molecule has 0 amide bonds. The van der Waals surface area contributed by atoms with Crippen LogP contribution in [0.4, 0.5) is 4.39 Å². The summed E-state index contributed by atoms with van der Waals surface area (Å²) in [6.45, 7) is 1.73. The lowest BCUT2D eigenvalue weighted by molar-refractivity contribution is 0.217. The van der Waals surface area contributed by atoms with Crippen molar-refractivity contribution in [2.24, 2.45) is 0 Å². The third-order valence-corrected chi connectivity index (χ3v) is 5.62. The number of hydrogen-bond acceptors (Lipinski definition) is 2. The highest BCUT2D eigenvalue weighted by Crippen LogP contribution is 2.26. The van der Waals surface area contributed by atoms with Gasteiger partial charge in [-0.15, -0.1) is 0 Å². The Bertz CT molecular complexity index is 972. The van der Waals surface area contributed by atoms with E-state index in [9.17, 15) is 4.39 Å². The van der Waals surface area contributed by atoms with Crippen LogP contribution in [0.3, 0.4) is 0 Å². The van der Waals surface area contributed by atoms with Crippen molar-refractivity contribution in [2.75, 3.05) is 19.8 Å². The van der Waals surface area contributed by atoms with Gasteiger partial charge in [0.15, 0.2) is 0 Å². The number of likely N-dealkylation sites (tertiary alicyclic amines) is 1. The molecule has 4 rings (SSSR count). The molecule has 1 aliphatic heterocycles. The molecule has 2 nitrogen and oxygen atoms in total. The van der Waals surface area contributed by atoms with E-state index in [0.29, 0.717) is 5.56 Å². The first kappa shape index (κ1) is 17.7. The number of hydrogen-bond donors (Lipinski definition) is 0. The van der Waals surface area contributed by atoms with Gasteiger partial charge in [-0.1, -0.05) is 42.5 Å². The Morgan fingerprint density at radius 1 is 0.963 bits per heavy atom. The van der Waals surface area contributed by atoms with Gasteiger partial charge in [0, 0.05) is 12.6 Å². The lowest BCUT2D eigenvalue weighted by Crippen LogP contribution is -2.32. The molecule has 0 spiro atoms. The Morgan fingerprint density at radius 3 is 2.48 bits per heavy atom. The van der Waals surface area contributed by atoms with Gasteiger partial charge in [-0.05, 0) is 71.5 Å². The van der Waals surface area contributed by atoms with Gasteiger partial charge >= 0.3 is 0 Å². The second-order valence-corrected chi connectivity index (χ2v) is 7.32. The van der Waals surface area contributed by atoms with Crippen LogP contribution in [0.5, 0.6) is 0 Å². The van der Waals surface area contributed by atoms with E-state index >= 15 is 0 Å². The fraction of sp³-hybridized carbons (Fsp3) is 0.292. The highest BCUT2D eigenvalue weighted by Gasteiger charge is 2.23. The molecule has 0 radical (unpaired) electrons. The minimum atomic E-state index is -0.226. The second kappa shape index (κ2) is 7.90. The fourth-order valence-corrected chi connectivity index (χ4v) is 4.00. The summed E-state index contributed by atoms with van der Waals surface area (Å²) in [4.78, 5) is 2.29. The number of nitriles is 1. The Morgan fingerprint density at radius 2 is 1.70 bits per heavy atom. The summed E-state index contributed by atoms with van der Waals surface area (Å²) in [5.74, 6) is 0. The van der Waals surface area contributed by atoms with E-state index in [1.807, 2.05) is 24.3 Å². The molecule has 27 heavy (non-hydrogen) atoms. The molecule has 1 heterocycles. The smallest absolute Gasteiger partial charge is 0.105 e. The standard InChI is InChI=1S/C24H23FN2/c25-16-24-2-1-12-27(24)13-11-18-3-8-23-15-22(10-9-21(23)14-18)20-6-4-19(17-26)5-7-20/h3-10,14-15,24H,1-2,11-13,16H2/t24-/m1/s1. The van der Waals surface area contributed by atoms with Crippen LogP contribution >= 0.6 is 0 Å². The van der Waals surface area contributed by atoms with Crippen molar-refractivity contribution in [3.8, 4) is 17.2 Å². The third-order valence-electron chi connectivity index (χ3n) is 5.62. The number of nitrogens with zero attached hydrogens (tertiary/aromatic N) is 2. The summed E-state index contributed by atoms with van der Waals surface area (Å²) in [7, 11) is 0. The first-order chi connectivity index (χ1) is 13.3. The monoisotopic (exact) mass is 358 g/mol. The van der Waals surface area contributed by atoms with E-state index < -0.39 is 0 Å². The average molecular weight is 358 g/mol. The van der Waals surface area contributed by atoms with Crippen LogP contribution in [0.15, 0.2) is 60.7 Å². The van der Waals surface area contributed by atoms with E-state index in [1.165, 1.54) is 16.3 Å².